The Morgan fingerprint density at radius 3 is 1.17 bits per heavy atom. The van der Waals surface area contributed by atoms with Gasteiger partial charge in [-0.05, 0) is 19.3 Å². The van der Waals surface area contributed by atoms with Crippen molar-refractivity contribution in [2.75, 3.05) is 6.54 Å². The minimum absolute atomic E-state index is 0.0851. The van der Waals surface area contributed by atoms with E-state index in [1.807, 2.05) is 0 Å². The van der Waals surface area contributed by atoms with Gasteiger partial charge in [-0.15, -0.1) is 0 Å². The predicted molar refractivity (Wildman–Crippen MR) is 158 cm³/mol. The van der Waals surface area contributed by atoms with E-state index in [2.05, 4.69) is 33.5 Å². The topological polar surface area (TPSA) is 37.4 Å². The van der Waals surface area contributed by atoms with Crippen molar-refractivity contribution in [3.8, 4) is 0 Å². The van der Waals surface area contributed by atoms with Crippen LogP contribution in [0.3, 0.4) is 0 Å². The summed E-state index contributed by atoms with van der Waals surface area (Å²) in [5.41, 5.74) is 0. The molecule has 0 rings (SSSR count). The zero-order valence-electron chi connectivity index (χ0n) is 24.7. The lowest BCUT2D eigenvalue weighted by atomic mass is 10.1. The van der Waals surface area contributed by atoms with Crippen LogP contribution in [0.4, 0.5) is 0 Å². The Morgan fingerprint density at radius 1 is 0.486 bits per heavy atom. The van der Waals surface area contributed by atoms with Crippen molar-refractivity contribution in [2.24, 2.45) is 0 Å². The number of hydrogen-bond donors (Lipinski definition) is 0. The van der Waals surface area contributed by atoms with E-state index in [0.717, 1.165) is 38.5 Å². The highest BCUT2D eigenvalue weighted by Crippen LogP contribution is 2.16. The second kappa shape index (κ2) is 23.7. The van der Waals surface area contributed by atoms with Crippen molar-refractivity contribution in [3.05, 3.63) is 0 Å². The predicted octanol–water partition coefficient (Wildman–Crippen LogP) is 10.3. The summed E-state index contributed by atoms with van der Waals surface area (Å²) in [6, 6.07) is 1.28. The lowest BCUT2D eigenvalue weighted by Gasteiger charge is -2.22. The molecule has 0 aromatic heterocycles. The molecular weight excluding hydrogens is 446 g/mol. The van der Waals surface area contributed by atoms with E-state index in [1.54, 1.807) is 4.90 Å². The standard InChI is InChI=1S/C31H63NO2Si/c1-6-8-10-12-14-16-18-20-22-26-30(33)32(28-24-25-29-35(3,4)5)31(34)27-23-21-19-17-15-13-11-9-7-2/h6-29H2,1-5H3. The summed E-state index contributed by atoms with van der Waals surface area (Å²) < 4.78 is 0. The molecule has 0 saturated carbocycles. The van der Waals surface area contributed by atoms with Crippen LogP contribution in [0.5, 0.6) is 0 Å². The van der Waals surface area contributed by atoms with E-state index < -0.39 is 8.07 Å². The van der Waals surface area contributed by atoms with Crippen LogP contribution in [0.2, 0.25) is 25.7 Å². The lowest BCUT2D eigenvalue weighted by Crippen LogP contribution is -2.37. The summed E-state index contributed by atoms with van der Waals surface area (Å²) in [4.78, 5) is 27.6. The fourth-order valence-electron chi connectivity index (χ4n) is 4.76. The van der Waals surface area contributed by atoms with Crippen LogP contribution < -0.4 is 0 Å². The molecule has 0 aliphatic heterocycles. The third-order valence-electron chi connectivity index (χ3n) is 7.15. The van der Waals surface area contributed by atoms with Gasteiger partial charge in [-0.1, -0.05) is 149 Å². The molecule has 0 spiro atoms. The molecule has 0 unspecified atom stereocenters. The van der Waals surface area contributed by atoms with Gasteiger partial charge in [-0.3, -0.25) is 14.5 Å². The van der Waals surface area contributed by atoms with Crippen LogP contribution in [0, 0.1) is 0 Å². The molecule has 0 aromatic carbocycles. The van der Waals surface area contributed by atoms with Gasteiger partial charge in [0.15, 0.2) is 0 Å². The number of nitrogens with zero attached hydrogens (tertiary/aromatic N) is 1. The van der Waals surface area contributed by atoms with Gasteiger partial charge in [0.1, 0.15) is 0 Å². The molecule has 0 bridgehead atoms. The molecule has 3 nitrogen and oxygen atoms in total. The first kappa shape index (κ1) is 34.4. The van der Waals surface area contributed by atoms with Crippen molar-refractivity contribution in [1.82, 2.24) is 4.90 Å². The third kappa shape index (κ3) is 23.5. The molecule has 0 saturated heterocycles. The Balaban J connectivity index is 4.27. The van der Waals surface area contributed by atoms with E-state index in [4.69, 9.17) is 0 Å². The summed E-state index contributed by atoms with van der Waals surface area (Å²) in [5, 5.41) is 0. The van der Waals surface area contributed by atoms with Crippen molar-refractivity contribution in [3.63, 3.8) is 0 Å². The quantitative estimate of drug-likeness (QED) is 0.0906. The van der Waals surface area contributed by atoms with E-state index in [-0.39, 0.29) is 11.8 Å². The van der Waals surface area contributed by atoms with E-state index in [0.29, 0.717) is 19.4 Å². The van der Waals surface area contributed by atoms with Gasteiger partial charge in [-0.2, -0.15) is 0 Å². The van der Waals surface area contributed by atoms with Crippen LogP contribution in [-0.4, -0.2) is 31.3 Å². The zero-order valence-corrected chi connectivity index (χ0v) is 25.7. The minimum atomic E-state index is -1.06. The summed E-state index contributed by atoms with van der Waals surface area (Å²) in [5.74, 6) is 0.170. The average molecular weight is 510 g/mol. The Kier molecular flexibility index (Phi) is 23.3. The minimum Gasteiger partial charge on any atom is -0.283 e. The number of unbranched alkanes of at least 4 members (excludes halogenated alkanes) is 17. The van der Waals surface area contributed by atoms with Crippen molar-refractivity contribution in [1.29, 1.82) is 0 Å². The van der Waals surface area contributed by atoms with Crippen LogP contribution in [0.1, 0.15) is 155 Å². The van der Waals surface area contributed by atoms with E-state index >= 15 is 0 Å². The maximum atomic E-state index is 13.0. The molecule has 4 heteroatoms. The summed E-state index contributed by atoms with van der Waals surface area (Å²) in [7, 11) is -1.06. The molecule has 0 radical (unpaired) electrons. The van der Waals surface area contributed by atoms with Crippen molar-refractivity contribution in [2.45, 2.75) is 181 Å². The molecule has 2 amide bonds. The van der Waals surface area contributed by atoms with Gasteiger partial charge in [0.05, 0.1) is 0 Å². The van der Waals surface area contributed by atoms with Crippen molar-refractivity contribution < 1.29 is 9.59 Å². The normalized spacial score (nSPS) is 11.7. The highest BCUT2D eigenvalue weighted by Gasteiger charge is 2.21. The summed E-state index contributed by atoms with van der Waals surface area (Å²) >= 11 is 0. The van der Waals surface area contributed by atoms with Crippen molar-refractivity contribution >= 4 is 19.9 Å². The Hall–Kier alpha value is -0.643. The highest BCUT2D eigenvalue weighted by molar-refractivity contribution is 6.76. The summed E-state index contributed by atoms with van der Waals surface area (Å²) in [6.07, 6.45) is 25.7. The molecular formula is C31H63NO2Si. The number of amides is 2. The van der Waals surface area contributed by atoms with Crippen LogP contribution in [0.25, 0.3) is 0 Å². The van der Waals surface area contributed by atoms with Gasteiger partial charge >= 0.3 is 0 Å². The van der Waals surface area contributed by atoms with Gasteiger partial charge in [0.25, 0.3) is 0 Å². The smallest absolute Gasteiger partial charge is 0.229 e. The van der Waals surface area contributed by atoms with Crippen LogP contribution in [-0.2, 0) is 9.59 Å². The molecule has 0 heterocycles. The molecule has 0 fully saturated rings. The van der Waals surface area contributed by atoms with Gasteiger partial charge in [0.2, 0.25) is 11.8 Å². The van der Waals surface area contributed by atoms with E-state index in [1.165, 1.54) is 95.9 Å². The van der Waals surface area contributed by atoms with E-state index in [9.17, 15) is 9.59 Å². The number of rotatable bonds is 25. The molecule has 0 aliphatic carbocycles. The number of hydrogen-bond acceptors (Lipinski definition) is 2. The molecule has 0 aromatic rings. The van der Waals surface area contributed by atoms with Crippen LogP contribution >= 0.6 is 0 Å². The number of carbonyl (C=O) groups excluding carboxylic acids is 2. The third-order valence-corrected chi connectivity index (χ3v) is 9.00. The highest BCUT2D eigenvalue weighted by atomic mass is 28.3. The fourth-order valence-corrected chi connectivity index (χ4v) is 6.07. The monoisotopic (exact) mass is 509 g/mol. The summed E-state index contributed by atoms with van der Waals surface area (Å²) in [6.45, 7) is 12.3. The molecule has 0 N–H and O–H groups in total. The number of imide groups is 1. The fraction of sp³-hybridized carbons (Fsp3) is 0.935. The zero-order chi connectivity index (χ0) is 26.2. The molecule has 0 atom stereocenters. The first-order chi connectivity index (χ1) is 16.8. The van der Waals surface area contributed by atoms with Gasteiger partial charge < -0.3 is 0 Å². The first-order valence-corrected chi connectivity index (χ1v) is 19.4. The molecule has 35 heavy (non-hydrogen) atoms. The second-order valence-electron chi connectivity index (χ2n) is 12.1. The lowest BCUT2D eigenvalue weighted by molar-refractivity contribution is -0.145. The molecule has 0 aliphatic rings. The van der Waals surface area contributed by atoms with Crippen LogP contribution in [0.15, 0.2) is 0 Å². The number of carbonyl (C=O) groups is 2. The van der Waals surface area contributed by atoms with Gasteiger partial charge in [-0.25, -0.2) is 0 Å². The molecule has 208 valence electrons. The maximum absolute atomic E-state index is 13.0. The first-order valence-electron chi connectivity index (χ1n) is 15.6. The Labute approximate surface area is 221 Å². The Bertz CT molecular complexity index is 467. The maximum Gasteiger partial charge on any atom is 0.229 e. The average Bonchev–Trinajstić information content (AvgIpc) is 2.81. The largest absolute Gasteiger partial charge is 0.283 e. The Morgan fingerprint density at radius 2 is 0.829 bits per heavy atom. The second-order valence-corrected chi connectivity index (χ2v) is 17.7. The SMILES string of the molecule is CCCCCCCCCCCC(=O)N(CCCC[Si](C)(C)C)C(=O)CCCCCCCCCCC. The van der Waals surface area contributed by atoms with Gasteiger partial charge in [0, 0.05) is 27.5 Å².